The minimum absolute atomic E-state index is 0.280. The van der Waals surface area contributed by atoms with E-state index in [0.717, 1.165) is 23.4 Å². The first-order valence-corrected chi connectivity index (χ1v) is 8.46. The van der Waals surface area contributed by atoms with E-state index in [-0.39, 0.29) is 5.75 Å². The Morgan fingerprint density at radius 3 is 2.46 bits per heavy atom. The van der Waals surface area contributed by atoms with Crippen LogP contribution in [0.4, 0.5) is 0 Å². The van der Waals surface area contributed by atoms with Crippen LogP contribution in [0.25, 0.3) is 11.6 Å². The number of benzene rings is 3. The van der Waals surface area contributed by atoms with Gasteiger partial charge in [-0.25, -0.2) is 0 Å². The zero-order chi connectivity index (χ0) is 16.5. The molecular weight excluding hydrogens is 316 g/mol. The van der Waals surface area contributed by atoms with Crippen molar-refractivity contribution in [2.24, 2.45) is 0 Å². The van der Waals surface area contributed by atoms with Crippen molar-refractivity contribution in [1.82, 2.24) is 0 Å². The fraction of sp³-hybridized carbons (Fsp3) is 0.0909. The number of phenolic OH excluding ortho intramolecular Hbond substituents is 1. The zero-order valence-corrected chi connectivity index (χ0v) is 13.9. The molecule has 3 aromatic carbocycles. The summed E-state index contributed by atoms with van der Waals surface area (Å²) in [6, 6.07) is 22.0. The van der Waals surface area contributed by atoms with Crippen LogP contribution < -0.4 is 0 Å². The third-order valence-corrected chi connectivity index (χ3v) is 4.74. The highest BCUT2D eigenvalue weighted by molar-refractivity contribution is 6.30. The highest BCUT2D eigenvalue weighted by Crippen LogP contribution is 2.36. The molecule has 24 heavy (non-hydrogen) atoms. The van der Waals surface area contributed by atoms with Gasteiger partial charge in [0, 0.05) is 5.02 Å². The first-order chi connectivity index (χ1) is 11.7. The Labute approximate surface area is 146 Å². The van der Waals surface area contributed by atoms with Crippen molar-refractivity contribution in [2.45, 2.75) is 12.8 Å². The minimum Gasteiger partial charge on any atom is -0.508 e. The highest BCUT2D eigenvalue weighted by atomic mass is 35.5. The van der Waals surface area contributed by atoms with Crippen molar-refractivity contribution in [2.75, 3.05) is 0 Å². The lowest BCUT2D eigenvalue weighted by Crippen LogP contribution is -1.92. The molecule has 2 heteroatoms. The predicted octanol–water partition coefficient (Wildman–Crippen LogP) is 5.73. The average Bonchev–Trinajstić information content (AvgIpc) is 2.73. The number of hydrogen-bond donors (Lipinski definition) is 1. The smallest absolute Gasteiger partial charge is 0.116 e. The summed E-state index contributed by atoms with van der Waals surface area (Å²) in [7, 11) is 0. The van der Waals surface area contributed by atoms with Crippen LogP contribution >= 0.6 is 11.6 Å². The molecule has 0 saturated carbocycles. The van der Waals surface area contributed by atoms with Gasteiger partial charge in [0.25, 0.3) is 0 Å². The minimum atomic E-state index is 0.280. The zero-order valence-electron chi connectivity index (χ0n) is 13.2. The number of aryl methyl sites for hydroxylation is 2. The van der Waals surface area contributed by atoms with Crippen LogP contribution in [0.2, 0.25) is 5.02 Å². The predicted molar refractivity (Wildman–Crippen MR) is 100 cm³/mol. The Morgan fingerprint density at radius 1 is 0.792 bits per heavy atom. The number of fused-ring (bicyclic) bond motifs is 2. The molecule has 0 unspecified atom stereocenters. The quantitative estimate of drug-likeness (QED) is 0.603. The Balaban J connectivity index is 1.97. The molecule has 1 aliphatic rings. The molecule has 1 N–H and O–H groups in total. The van der Waals surface area contributed by atoms with Gasteiger partial charge in [-0.15, -0.1) is 0 Å². The average molecular weight is 333 g/mol. The number of rotatable bonds is 1. The second-order valence-electron chi connectivity index (χ2n) is 6.11. The molecule has 0 bridgehead atoms. The van der Waals surface area contributed by atoms with E-state index >= 15 is 0 Å². The lowest BCUT2D eigenvalue weighted by Gasteiger charge is -2.12. The van der Waals surface area contributed by atoms with E-state index in [9.17, 15) is 5.11 Å². The summed E-state index contributed by atoms with van der Waals surface area (Å²) in [5, 5.41) is 10.6. The van der Waals surface area contributed by atoms with Gasteiger partial charge in [-0.2, -0.15) is 0 Å². The molecule has 118 valence electrons. The maximum absolute atomic E-state index is 9.78. The van der Waals surface area contributed by atoms with E-state index in [1.165, 1.54) is 27.8 Å². The summed E-state index contributed by atoms with van der Waals surface area (Å²) in [6.45, 7) is 0. The van der Waals surface area contributed by atoms with Crippen molar-refractivity contribution in [3.63, 3.8) is 0 Å². The molecule has 0 spiro atoms. The number of hydrogen-bond acceptors (Lipinski definition) is 1. The third kappa shape index (κ3) is 2.83. The summed E-state index contributed by atoms with van der Waals surface area (Å²) in [4.78, 5) is 0. The Bertz CT molecular complexity index is 940. The molecule has 0 amide bonds. The molecule has 0 radical (unpaired) electrons. The van der Waals surface area contributed by atoms with Crippen molar-refractivity contribution >= 4 is 23.3 Å². The Morgan fingerprint density at radius 2 is 1.58 bits per heavy atom. The molecule has 3 aromatic rings. The summed E-state index contributed by atoms with van der Waals surface area (Å²) < 4.78 is 0. The van der Waals surface area contributed by atoms with E-state index in [1.807, 2.05) is 18.2 Å². The Hall–Kier alpha value is -2.51. The molecule has 4 rings (SSSR count). The van der Waals surface area contributed by atoms with Crippen molar-refractivity contribution in [3.05, 3.63) is 99.6 Å². The van der Waals surface area contributed by atoms with E-state index < -0.39 is 0 Å². The van der Waals surface area contributed by atoms with Crippen LogP contribution in [0, 0.1) is 0 Å². The maximum atomic E-state index is 9.78. The van der Waals surface area contributed by atoms with E-state index in [2.05, 4.69) is 42.5 Å². The molecule has 0 atom stereocenters. The normalized spacial score (nSPS) is 14.8. The first-order valence-electron chi connectivity index (χ1n) is 8.08. The monoisotopic (exact) mass is 332 g/mol. The van der Waals surface area contributed by atoms with Crippen LogP contribution in [0.3, 0.4) is 0 Å². The van der Waals surface area contributed by atoms with Crippen LogP contribution in [-0.2, 0) is 12.8 Å². The van der Waals surface area contributed by atoms with Crippen molar-refractivity contribution in [1.29, 1.82) is 0 Å². The topological polar surface area (TPSA) is 20.2 Å². The van der Waals surface area contributed by atoms with Crippen LogP contribution in [0.15, 0.2) is 66.7 Å². The van der Waals surface area contributed by atoms with Gasteiger partial charge < -0.3 is 5.11 Å². The van der Waals surface area contributed by atoms with Crippen LogP contribution in [-0.4, -0.2) is 5.11 Å². The van der Waals surface area contributed by atoms with Gasteiger partial charge in [0.1, 0.15) is 5.75 Å². The number of phenols is 1. The van der Waals surface area contributed by atoms with Crippen LogP contribution in [0.1, 0.15) is 27.8 Å². The van der Waals surface area contributed by atoms with Gasteiger partial charge in [-0.3, -0.25) is 0 Å². The molecule has 1 aliphatic carbocycles. The largest absolute Gasteiger partial charge is 0.508 e. The molecule has 0 aromatic heterocycles. The Kier molecular flexibility index (Phi) is 3.87. The molecule has 1 nitrogen and oxygen atoms in total. The SMILES string of the molecule is Oc1cccc(C=C2c3ccccc3CCc3cc(Cl)ccc32)c1. The fourth-order valence-electron chi connectivity index (χ4n) is 3.38. The number of halogens is 1. The van der Waals surface area contributed by atoms with Gasteiger partial charge in [0.2, 0.25) is 0 Å². The lowest BCUT2D eigenvalue weighted by atomic mass is 9.92. The van der Waals surface area contributed by atoms with E-state index in [0.29, 0.717) is 0 Å². The molecule has 0 fully saturated rings. The maximum Gasteiger partial charge on any atom is 0.116 e. The first kappa shape index (κ1) is 15.0. The highest BCUT2D eigenvalue weighted by Gasteiger charge is 2.18. The molecule has 0 heterocycles. The standard InChI is InChI=1S/C22H17ClO/c23-18-10-11-21-17(14-18)9-8-16-5-1-2-7-20(16)22(21)13-15-4-3-6-19(24)12-15/h1-7,10-14,24H,8-9H2. The van der Waals surface area contributed by atoms with E-state index in [1.54, 1.807) is 12.1 Å². The summed E-state index contributed by atoms with van der Waals surface area (Å²) in [5.74, 6) is 0.280. The fourth-order valence-corrected chi connectivity index (χ4v) is 3.58. The van der Waals surface area contributed by atoms with Gasteiger partial charge in [-0.05, 0) is 76.6 Å². The van der Waals surface area contributed by atoms with Crippen LogP contribution in [0.5, 0.6) is 5.75 Å². The van der Waals surface area contributed by atoms with Crippen molar-refractivity contribution < 1.29 is 5.11 Å². The van der Waals surface area contributed by atoms with Gasteiger partial charge in [-0.1, -0.05) is 54.1 Å². The van der Waals surface area contributed by atoms with Gasteiger partial charge >= 0.3 is 0 Å². The summed E-state index contributed by atoms with van der Waals surface area (Å²) in [6.07, 6.45) is 4.13. The van der Waals surface area contributed by atoms with Gasteiger partial charge in [0.15, 0.2) is 0 Å². The molecular formula is C22H17ClO. The van der Waals surface area contributed by atoms with Gasteiger partial charge in [0.05, 0.1) is 0 Å². The second-order valence-corrected chi connectivity index (χ2v) is 6.55. The second kappa shape index (κ2) is 6.18. The number of aromatic hydroxyl groups is 1. The van der Waals surface area contributed by atoms with Crippen molar-refractivity contribution in [3.8, 4) is 5.75 Å². The molecule has 0 aliphatic heterocycles. The summed E-state index contributed by atoms with van der Waals surface area (Å²) >= 11 is 6.22. The lowest BCUT2D eigenvalue weighted by molar-refractivity contribution is 0.475. The third-order valence-electron chi connectivity index (χ3n) is 4.51. The molecule has 0 saturated heterocycles. The van der Waals surface area contributed by atoms with E-state index in [4.69, 9.17) is 11.6 Å². The summed E-state index contributed by atoms with van der Waals surface area (Å²) in [5.41, 5.74) is 7.25.